The van der Waals surface area contributed by atoms with Crippen LogP contribution in [0, 0.1) is 6.92 Å². The zero-order valence-electron chi connectivity index (χ0n) is 16.3. The van der Waals surface area contributed by atoms with Gasteiger partial charge >= 0.3 is 5.97 Å². The van der Waals surface area contributed by atoms with Crippen molar-refractivity contribution in [1.82, 2.24) is 20.2 Å². The molecule has 0 fully saturated rings. The summed E-state index contributed by atoms with van der Waals surface area (Å²) in [4.78, 5) is 46.6. The number of nitrogens with one attached hydrogen (secondary N) is 2. The lowest BCUT2D eigenvalue weighted by molar-refractivity contribution is -0.122. The molecule has 2 heterocycles. The van der Waals surface area contributed by atoms with E-state index in [9.17, 15) is 14.4 Å². The molecule has 148 valence electrons. The van der Waals surface area contributed by atoms with Crippen LogP contribution in [0.1, 0.15) is 54.3 Å². The van der Waals surface area contributed by atoms with Crippen molar-refractivity contribution in [2.24, 2.45) is 0 Å². The van der Waals surface area contributed by atoms with Crippen LogP contribution in [0.5, 0.6) is 0 Å². The van der Waals surface area contributed by atoms with Gasteiger partial charge in [0, 0.05) is 6.54 Å². The number of fused-ring (bicyclic) bond motifs is 1. The van der Waals surface area contributed by atoms with Crippen molar-refractivity contribution in [3.63, 3.8) is 0 Å². The predicted octanol–water partition coefficient (Wildman–Crippen LogP) is 1.99. The van der Waals surface area contributed by atoms with E-state index in [4.69, 9.17) is 4.74 Å². The number of hydrogen-bond acceptors (Lipinski definition) is 7. The SMILES string of the molecule is CCCNC(=O)CN(C)[C@H](C)c1nc2sc(C(=O)OCC)c(C)c2c(=O)[nH]1. The van der Waals surface area contributed by atoms with Crippen molar-refractivity contribution in [1.29, 1.82) is 0 Å². The van der Waals surface area contributed by atoms with Crippen LogP contribution in [0.4, 0.5) is 0 Å². The number of ether oxygens (including phenoxy) is 1. The Bertz CT molecular complexity index is 889. The number of rotatable bonds is 8. The van der Waals surface area contributed by atoms with Crippen molar-refractivity contribution >= 4 is 33.4 Å². The molecule has 9 heteroatoms. The van der Waals surface area contributed by atoms with Gasteiger partial charge in [0.2, 0.25) is 5.91 Å². The average Bonchev–Trinajstić information content (AvgIpc) is 2.96. The molecule has 2 aromatic rings. The number of aromatic nitrogens is 2. The second-order valence-corrected chi connectivity index (χ2v) is 7.35. The van der Waals surface area contributed by atoms with Gasteiger partial charge in [-0.2, -0.15) is 0 Å². The quantitative estimate of drug-likeness (QED) is 0.664. The van der Waals surface area contributed by atoms with Crippen LogP contribution < -0.4 is 10.9 Å². The summed E-state index contributed by atoms with van der Waals surface area (Å²) < 4.78 is 5.05. The number of hydrogen-bond donors (Lipinski definition) is 2. The fourth-order valence-electron chi connectivity index (χ4n) is 2.64. The first-order chi connectivity index (χ1) is 12.8. The Morgan fingerprint density at radius 2 is 2.07 bits per heavy atom. The van der Waals surface area contributed by atoms with E-state index in [0.717, 1.165) is 17.8 Å². The zero-order valence-corrected chi connectivity index (χ0v) is 17.2. The molecule has 0 unspecified atom stereocenters. The summed E-state index contributed by atoms with van der Waals surface area (Å²) in [5.41, 5.74) is 0.281. The second kappa shape index (κ2) is 9.09. The lowest BCUT2D eigenvalue weighted by Crippen LogP contribution is -2.37. The topological polar surface area (TPSA) is 104 Å². The maximum Gasteiger partial charge on any atom is 0.348 e. The molecule has 0 aromatic carbocycles. The molecule has 0 saturated carbocycles. The van der Waals surface area contributed by atoms with E-state index in [0.29, 0.717) is 33.0 Å². The third kappa shape index (κ3) is 4.72. The number of aryl methyl sites for hydroxylation is 1. The first-order valence-electron chi connectivity index (χ1n) is 8.97. The van der Waals surface area contributed by atoms with Crippen molar-refractivity contribution in [3.05, 3.63) is 26.6 Å². The number of thiophene rings is 1. The third-order valence-corrected chi connectivity index (χ3v) is 5.47. The van der Waals surface area contributed by atoms with Crippen LogP contribution in [-0.2, 0) is 9.53 Å². The van der Waals surface area contributed by atoms with Crippen LogP contribution in [0.3, 0.4) is 0 Å². The van der Waals surface area contributed by atoms with Crippen LogP contribution >= 0.6 is 11.3 Å². The number of likely N-dealkylation sites (N-methyl/N-ethyl adjacent to an activating group) is 1. The molecule has 0 saturated heterocycles. The Morgan fingerprint density at radius 1 is 1.37 bits per heavy atom. The van der Waals surface area contributed by atoms with E-state index in [2.05, 4.69) is 15.3 Å². The highest BCUT2D eigenvalue weighted by Crippen LogP contribution is 2.28. The van der Waals surface area contributed by atoms with Crippen LogP contribution in [0.15, 0.2) is 4.79 Å². The minimum absolute atomic E-state index is 0.0776. The van der Waals surface area contributed by atoms with Crippen molar-refractivity contribution in [2.45, 2.75) is 40.2 Å². The number of carbonyl (C=O) groups is 2. The first kappa shape index (κ1) is 21.0. The van der Waals surface area contributed by atoms with Gasteiger partial charge in [0.25, 0.3) is 5.56 Å². The average molecular weight is 394 g/mol. The number of amides is 1. The van der Waals surface area contributed by atoms with E-state index in [1.54, 1.807) is 20.9 Å². The normalized spacial score (nSPS) is 12.4. The van der Waals surface area contributed by atoms with Crippen LogP contribution in [0.25, 0.3) is 10.2 Å². The van der Waals surface area contributed by atoms with E-state index in [1.165, 1.54) is 0 Å². The van der Waals surface area contributed by atoms with Crippen LogP contribution in [0.2, 0.25) is 0 Å². The van der Waals surface area contributed by atoms with Gasteiger partial charge in [-0.15, -0.1) is 11.3 Å². The summed E-state index contributed by atoms with van der Waals surface area (Å²) in [5, 5.41) is 3.23. The maximum atomic E-state index is 12.6. The minimum atomic E-state index is -0.447. The Labute approximate surface area is 161 Å². The number of H-pyrrole nitrogens is 1. The molecule has 1 atom stereocenters. The van der Waals surface area contributed by atoms with Gasteiger partial charge in [-0.25, -0.2) is 9.78 Å². The Hall–Kier alpha value is -2.26. The molecule has 0 aliphatic heterocycles. The molecule has 1 amide bonds. The molecule has 0 bridgehead atoms. The van der Waals surface area contributed by atoms with Gasteiger partial charge < -0.3 is 15.0 Å². The van der Waals surface area contributed by atoms with Gasteiger partial charge in [0.05, 0.1) is 24.6 Å². The second-order valence-electron chi connectivity index (χ2n) is 6.35. The molecule has 27 heavy (non-hydrogen) atoms. The van der Waals surface area contributed by atoms with Gasteiger partial charge in [-0.05, 0) is 39.8 Å². The summed E-state index contributed by atoms with van der Waals surface area (Å²) in [6.45, 7) is 8.40. The number of carbonyl (C=O) groups excluding carboxylic acids is 2. The Balaban J connectivity index is 2.30. The molecule has 8 nitrogen and oxygen atoms in total. The van der Waals surface area contributed by atoms with Crippen LogP contribution in [-0.4, -0.2) is 53.5 Å². The maximum absolute atomic E-state index is 12.6. The molecule has 0 spiro atoms. The Kier molecular flexibility index (Phi) is 7.09. The highest BCUT2D eigenvalue weighted by molar-refractivity contribution is 7.20. The molecular weight excluding hydrogens is 368 g/mol. The molecular formula is C18H26N4O4S. The molecule has 0 aliphatic rings. The summed E-state index contributed by atoms with van der Waals surface area (Å²) in [5.74, 6) is -0.0714. The zero-order chi connectivity index (χ0) is 20.1. The molecule has 0 radical (unpaired) electrons. The van der Waals surface area contributed by atoms with Crippen molar-refractivity contribution < 1.29 is 14.3 Å². The lowest BCUT2D eigenvalue weighted by atomic mass is 10.2. The lowest BCUT2D eigenvalue weighted by Gasteiger charge is -2.23. The summed E-state index contributed by atoms with van der Waals surface area (Å²) in [6, 6.07) is -0.275. The van der Waals surface area contributed by atoms with Gasteiger partial charge in [-0.1, -0.05) is 6.92 Å². The highest BCUT2D eigenvalue weighted by Gasteiger charge is 2.23. The predicted molar refractivity (Wildman–Crippen MR) is 105 cm³/mol. The molecule has 0 aliphatic carbocycles. The van der Waals surface area contributed by atoms with Crippen molar-refractivity contribution in [3.8, 4) is 0 Å². The van der Waals surface area contributed by atoms with E-state index in [1.807, 2.05) is 18.7 Å². The highest BCUT2D eigenvalue weighted by atomic mass is 32.1. The fraction of sp³-hybridized carbons (Fsp3) is 0.556. The fourth-order valence-corrected chi connectivity index (χ4v) is 3.72. The molecule has 2 rings (SSSR count). The number of esters is 1. The van der Waals surface area contributed by atoms with Gasteiger partial charge in [0.15, 0.2) is 0 Å². The first-order valence-corrected chi connectivity index (χ1v) is 9.79. The Morgan fingerprint density at radius 3 is 2.70 bits per heavy atom. The number of aromatic amines is 1. The van der Waals surface area contributed by atoms with E-state index in [-0.39, 0.29) is 30.7 Å². The van der Waals surface area contributed by atoms with Crippen molar-refractivity contribution in [2.75, 3.05) is 26.7 Å². The standard InChI is InChI=1S/C18H26N4O4S/c1-6-8-19-12(23)9-22(5)11(4)15-20-16(24)13-10(3)14(18(25)26-7-2)27-17(13)21-15/h11H,6-9H2,1-5H3,(H,19,23)(H,20,21,24)/t11-/m1/s1. The van der Waals surface area contributed by atoms with Gasteiger partial charge in [0.1, 0.15) is 15.5 Å². The molecule has 2 N–H and O–H groups in total. The van der Waals surface area contributed by atoms with Gasteiger partial charge in [-0.3, -0.25) is 14.5 Å². The summed E-state index contributed by atoms with van der Waals surface area (Å²) in [7, 11) is 1.80. The number of nitrogens with zero attached hydrogens (tertiary/aromatic N) is 2. The minimum Gasteiger partial charge on any atom is -0.462 e. The summed E-state index contributed by atoms with van der Waals surface area (Å²) in [6.07, 6.45) is 0.872. The van der Waals surface area contributed by atoms with E-state index >= 15 is 0 Å². The molecule has 2 aromatic heterocycles. The van der Waals surface area contributed by atoms with E-state index < -0.39 is 5.97 Å². The summed E-state index contributed by atoms with van der Waals surface area (Å²) >= 11 is 1.15. The largest absolute Gasteiger partial charge is 0.462 e. The third-order valence-electron chi connectivity index (χ3n) is 4.30. The smallest absolute Gasteiger partial charge is 0.348 e. The monoisotopic (exact) mass is 394 g/mol.